The van der Waals surface area contributed by atoms with E-state index in [9.17, 15) is 4.39 Å². The summed E-state index contributed by atoms with van der Waals surface area (Å²) in [5, 5.41) is 8.57. The highest BCUT2D eigenvalue weighted by molar-refractivity contribution is 5.96. The number of fused-ring (bicyclic) bond motifs is 1. The van der Waals surface area contributed by atoms with Gasteiger partial charge in [-0.15, -0.1) is 10.2 Å². The van der Waals surface area contributed by atoms with Gasteiger partial charge in [-0.05, 0) is 36.4 Å². The van der Waals surface area contributed by atoms with Gasteiger partial charge in [0.05, 0.1) is 5.69 Å². The number of halogens is 1. The fourth-order valence-corrected chi connectivity index (χ4v) is 3.04. The Hall–Kier alpha value is -3.87. The highest BCUT2D eigenvalue weighted by atomic mass is 19.1. The Kier molecular flexibility index (Phi) is 3.50. The van der Waals surface area contributed by atoms with Crippen molar-refractivity contribution in [1.29, 1.82) is 0 Å². The van der Waals surface area contributed by atoms with Crippen molar-refractivity contribution in [2.45, 2.75) is 0 Å². The predicted molar refractivity (Wildman–Crippen MR) is 98.0 cm³/mol. The summed E-state index contributed by atoms with van der Waals surface area (Å²) >= 11 is 0. The SMILES string of the molecule is Fc1ccccc1-c1ccnc(-c2c[nH]c3ccc(-c4nnco4)cc23)n1. The lowest BCUT2D eigenvalue weighted by Gasteiger charge is -2.05. The minimum Gasteiger partial charge on any atom is -0.423 e. The normalized spacial score (nSPS) is 11.1. The summed E-state index contributed by atoms with van der Waals surface area (Å²) in [6.45, 7) is 0. The molecule has 0 saturated carbocycles. The standard InChI is InChI=1S/C20H12FN5O/c21-16-4-2-1-3-13(16)18-7-8-22-19(25-18)15-10-23-17-6-5-12(9-14(15)17)20-26-24-11-27-20/h1-11,23H. The second-order valence-electron chi connectivity index (χ2n) is 5.95. The summed E-state index contributed by atoms with van der Waals surface area (Å²) in [4.78, 5) is 12.1. The molecule has 130 valence electrons. The van der Waals surface area contributed by atoms with Crippen LogP contribution in [0, 0.1) is 5.82 Å². The maximum absolute atomic E-state index is 14.1. The van der Waals surface area contributed by atoms with E-state index in [0.29, 0.717) is 23.0 Å². The molecule has 0 aliphatic rings. The Morgan fingerprint density at radius 2 is 1.93 bits per heavy atom. The molecule has 2 aromatic carbocycles. The number of hydrogen-bond donors (Lipinski definition) is 1. The Morgan fingerprint density at radius 3 is 2.78 bits per heavy atom. The lowest BCUT2D eigenvalue weighted by molar-refractivity contribution is 0.569. The number of rotatable bonds is 3. The molecule has 0 unspecified atom stereocenters. The molecule has 3 heterocycles. The van der Waals surface area contributed by atoms with Crippen LogP contribution in [0.25, 0.3) is 45.0 Å². The topological polar surface area (TPSA) is 80.5 Å². The second-order valence-corrected chi connectivity index (χ2v) is 5.95. The van der Waals surface area contributed by atoms with Gasteiger partial charge in [-0.2, -0.15) is 0 Å². The first-order chi connectivity index (χ1) is 13.3. The van der Waals surface area contributed by atoms with Crippen LogP contribution in [0.2, 0.25) is 0 Å². The molecule has 1 N–H and O–H groups in total. The van der Waals surface area contributed by atoms with Crippen LogP contribution in [0.5, 0.6) is 0 Å². The predicted octanol–water partition coefficient (Wildman–Crippen LogP) is 4.48. The van der Waals surface area contributed by atoms with Gasteiger partial charge < -0.3 is 9.40 Å². The van der Waals surface area contributed by atoms with E-state index in [-0.39, 0.29) is 5.82 Å². The Morgan fingerprint density at radius 1 is 1.00 bits per heavy atom. The number of nitrogens with zero attached hydrogens (tertiary/aromatic N) is 4. The van der Waals surface area contributed by atoms with E-state index in [1.807, 2.05) is 24.4 Å². The summed E-state index contributed by atoms with van der Waals surface area (Å²) in [6.07, 6.45) is 4.76. The highest BCUT2D eigenvalue weighted by Gasteiger charge is 2.13. The molecule has 0 fully saturated rings. The minimum absolute atomic E-state index is 0.320. The van der Waals surface area contributed by atoms with Gasteiger partial charge in [0, 0.05) is 40.0 Å². The zero-order chi connectivity index (χ0) is 18.2. The van der Waals surface area contributed by atoms with E-state index in [0.717, 1.165) is 22.0 Å². The van der Waals surface area contributed by atoms with Gasteiger partial charge >= 0.3 is 0 Å². The Labute approximate surface area is 152 Å². The molecular weight excluding hydrogens is 345 g/mol. The molecule has 0 saturated heterocycles. The maximum atomic E-state index is 14.1. The van der Waals surface area contributed by atoms with E-state index in [1.165, 1.54) is 12.5 Å². The summed E-state index contributed by atoms with van der Waals surface area (Å²) in [5.74, 6) is 0.620. The van der Waals surface area contributed by atoms with Crippen molar-refractivity contribution < 1.29 is 8.81 Å². The van der Waals surface area contributed by atoms with Crippen LogP contribution < -0.4 is 0 Å². The van der Waals surface area contributed by atoms with Crippen molar-refractivity contribution in [1.82, 2.24) is 25.1 Å². The first kappa shape index (κ1) is 15.4. The number of aromatic nitrogens is 5. The number of hydrogen-bond acceptors (Lipinski definition) is 5. The number of nitrogens with one attached hydrogen (secondary N) is 1. The monoisotopic (exact) mass is 357 g/mol. The zero-order valence-electron chi connectivity index (χ0n) is 13.9. The van der Waals surface area contributed by atoms with Crippen molar-refractivity contribution in [3.63, 3.8) is 0 Å². The van der Waals surface area contributed by atoms with Crippen molar-refractivity contribution in [3.8, 4) is 34.1 Å². The second kappa shape index (κ2) is 6.14. The van der Waals surface area contributed by atoms with Crippen LogP contribution in [-0.4, -0.2) is 25.1 Å². The molecule has 5 aromatic rings. The highest BCUT2D eigenvalue weighted by Crippen LogP contribution is 2.31. The van der Waals surface area contributed by atoms with Crippen molar-refractivity contribution in [3.05, 3.63) is 73.1 Å². The van der Waals surface area contributed by atoms with Crippen molar-refractivity contribution in [2.75, 3.05) is 0 Å². The molecule has 0 aliphatic heterocycles. The fraction of sp³-hybridized carbons (Fsp3) is 0. The molecular formula is C20H12FN5O. The molecule has 5 rings (SSSR count). The van der Waals surface area contributed by atoms with Gasteiger partial charge in [-0.3, -0.25) is 0 Å². The largest absolute Gasteiger partial charge is 0.423 e. The molecule has 0 spiro atoms. The number of benzene rings is 2. The molecule has 0 bridgehead atoms. The lowest BCUT2D eigenvalue weighted by atomic mass is 10.1. The summed E-state index contributed by atoms with van der Waals surface area (Å²) < 4.78 is 19.4. The summed E-state index contributed by atoms with van der Waals surface area (Å²) in [6, 6.07) is 14.0. The number of aromatic amines is 1. The van der Waals surface area contributed by atoms with E-state index >= 15 is 0 Å². The van der Waals surface area contributed by atoms with Gasteiger partial charge in [-0.25, -0.2) is 14.4 Å². The van der Waals surface area contributed by atoms with Crippen molar-refractivity contribution >= 4 is 10.9 Å². The molecule has 0 aliphatic carbocycles. The van der Waals surface area contributed by atoms with Gasteiger partial charge in [0.25, 0.3) is 0 Å². The molecule has 0 atom stereocenters. The third-order valence-electron chi connectivity index (χ3n) is 4.34. The average Bonchev–Trinajstić information content (AvgIpc) is 3.38. The Bertz CT molecular complexity index is 1250. The third kappa shape index (κ3) is 2.65. The third-order valence-corrected chi connectivity index (χ3v) is 4.34. The smallest absolute Gasteiger partial charge is 0.247 e. The van der Waals surface area contributed by atoms with Crippen LogP contribution in [0.1, 0.15) is 0 Å². The average molecular weight is 357 g/mol. The molecule has 0 amide bonds. The van der Waals surface area contributed by atoms with Crippen LogP contribution in [0.15, 0.2) is 71.7 Å². The summed E-state index contributed by atoms with van der Waals surface area (Å²) in [5.41, 5.74) is 3.50. The molecule has 6 nitrogen and oxygen atoms in total. The summed E-state index contributed by atoms with van der Waals surface area (Å²) in [7, 11) is 0. The van der Waals surface area contributed by atoms with Gasteiger partial charge in [0.15, 0.2) is 5.82 Å². The fourth-order valence-electron chi connectivity index (χ4n) is 3.04. The van der Waals surface area contributed by atoms with E-state index in [4.69, 9.17) is 4.42 Å². The maximum Gasteiger partial charge on any atom is 0.247 e. The van der Waals surface area contributed by atoms with Crippen LogP contribution in [0.3, 0.4) is 0 Å². The van der Waals surface area contributed by atoms with E-state index in [1.54, 1.807) is 30.5 Å². The van der Waals surface area contributed by atoms with Gasteiger partial charge in [-0.1, -0.05) is 12.1 Å². The Balaban J connectivity index is 1.65. The molecule has 3 aromatic heterocycles. The quantitative estimate of drug-likeness (QED) is 0.515. The van der Waals surface area contributed by atoms with Gasteiger partial charge in [0.1, 0.15) is 5.82 Å². The molecule has 7 heteroatoms. The van der Waals surface area contributed by atoms with E-state index in [2.05, 4.69) is 25.1 Å². The van der Waals surface area contributed by atoms with Crippen molar-refractivity contribution in [2.24, 2.45) is 0 Å². The minimum atomic E-state index is -0.320. The molecule has 27 heavy (non-hydrogen) atoms. The first-order valence-corrected chi connectivity index (χ1v) is 8.25. The zero-order valence-corrected chi connectivity index (χ0v) is 13.9. The molecule has 0 radical (unpaired) electrons. The van der Waals surface area contributed by atoms with Crippen LogP contribution >= 0.6 is 0 Å². The van der Waals surface area contributed by atoms with Crippen LogP contribution in [0.4, 0.5) is 4.39 Å². The lowest BCUT2D eigenvalue weighted by Crippen LogP contribution is -1.93. The van der Waals surface area contributed by atoms with Crippen LogP contribution in [-0.2, 0) is 0 Å². The first-order valence-electron chi connectivity index (χ1n) is 8.25. The van der Waals surface area contributed by atoms with Gasteiger partial charge in [0.2, 0.25) is 12.3 Å². The van der Waals surface area contributed by atoms with E-state index < -0.39 is 0 Å². The number of H-pyrrole nitrogens is 1.